The van der Waals surface area contributed by atoms with Gasteiger partial charge in [0.2, 0.25) is 0 Å². The maximum absolute atomic E-state index is 12.1. The molecule has 0 saturated heterocycles. The molecule has 5 nitrogen and oxygen atoms in total. The quantitative estimate of drug-likeness (QED) is 0.809. The first-order chi connectivity index (χ1) is 9.86. The largest absolute Gasteiger partial charge is 0.480 e. The van der Waals surface area contributed by atoms with Gasteiger partial charge in [-0.05, 0) is 36.6 Å². The van der Waals surface area contributed by atoms with E-state index in [9.17, 15) is 9.59 Å². The Balaban J connectivity index is 2.77. The SMILES string of the molecule is CCCN(C)c1ccc(C(=O)N[C@H](C(=O)O)C(C)C)cc1. The van der Waals surface area contributed by atoms with E-state index in [1.54, 1.807) is 26.0 Å². The molecule has 5 heteroatoms. The van der Waals surface area contributed by atoms with Crippen molar-refractivity contribution < 1.29 is 14.7 Å². The molecule has 0 radical (unpaired) electrons. The molecule has 0 aromatic heterocycles. The Bertz CT molecular complexity index is 483. The number of benzene rings is 1. The zero-order chi connectivity index (χ0) is 16.0. The minimum atomic E-state index is -1.02. The van der Waals surface area contributed by atoms with Crippen LogP contribution in [0.1, 0.15) is 37.6 Å². The standard InChI is InChI=1S/C16H24N2O3/c1-5-10-18(4)13-8-6-12(7-9-13)15(19)17-14(11(2)3)16(20)21/h6-9,11,14H,5,10H2,1-4H3,(H,17,19)(H,20,21)/t14-/m0/s1. The molecule has 21 heavy (non-hydrogen) atoms. The molecule has 0 heterocycles. The smallest absolute Gasteiger partial charge is 0.326 e. The van der Waals surface area contributed by atoms with Gasteiger partial charge in [-0.25, -0.2) is 4.79 Å². The lowest BCUT2D eigenvalue weighted by atomic mass is 10.0. The summed E-state index contributed by atoms with van der Waals surface area (Å²) < 4.78 is 0. The molecule has 0 aliphatic heterocycles. The number of rotatable bonds is 7. The molecular formula is C16H24N2O3. The average Bonchev–Trinajstić information content (AvgIpc) is 2.44. The highest BCUT2D eigenvalue weighted by atomic mass is 16.4. The number of carboxylic acid groups (broad SMARTS) is 1. The third kappa shape index (κ3) is 4.77. The molecular weight excluding hydrogens is 268 g/mol. The van der Waals surface area contributed by atoms with Crippen molar-refractivity contribution in [2.24, 2.45) is 5.92 Å². The van der Waals surface area contributed by atoms with E-state index in [-0.39, 0.29) is 11.8 Å². The summed E-state index contributed by atoms with van der Waals surface area (Å²) in [5.41, 5.74) is 1.50. The Morgan fingerprint density at radius 1 is 1.24 bits per heavy atom. The van der Waals surface area contributed by atoms with E-state index < -0.39 is 12.0 Å². The normalized spacial score (nSPS) is 12.0. The zero-order valence-electron chi connectivity index (χ0n) is 13.1. The van der Waals surface area contributed by atoms with Gasteiger partial charge in [0.25, 0.3) is 5.91 Å². The van der Waals surface area contributed by atoms with E-state index in [0.717, 1.165) is 18.7 Å². The van der Waals surface area contributed by atoms with Gasteiger partial charge < -0.3 is 15.3 Å². The van der Waals surface area contributed by atoms with E-state index in [1.807, 2.05) is 19.2 Å². The summed E-state index contributed by atoms with van der Waals surface area (Å²) in [6.45, 7) is 6.58. The minimum absolute atomic E-state index is 0.165. The van der Waals surface area contributed by atoms with Crippen LogP contribution in [0.5, 0.6) is 0 Å². The first-order valence-electron chi connectivity index (χ1n) is 7.21. The van der Waals surface area contributed by atoms with Gasteiger partial charge in [-0.1, -0.05) is 20.8 Å². The number of nitrogens with zero attached hydrogens (tertiary/aromatic N) is 1. The van der Waals surface area contributed by atoms with Gasteiger partial charge in [-0.2, -0.15) is 0 Å². The van der Waals surface area contributed by atoms with Crippen molar-refractivity contribution in [1.82, 2.24) is 5.32 Å². The summed E-state index contributed by atoms with van der Waals surface area (Å²) in [7, 11) is 2.00. The van der Waals surface area contributed by atoms with E-state index in [4.69, 9.17) is 5.11 Å². The first kappa shape index (κ1) is 17.0. The van der Waals surface area contributed by atoms with Crippen molar-refractivity contribution in [3.05, 3.63) is 29.8 Å². The fraction of sp³-hybridized carbons (Fsp3) is 0.500. The predicted molar refractivity (Wildman–Crippen MR) is 83.7 cm³/mol. The van der Waals surface area contributed by atoms with Gasteiger partial charge in [0.05, 0.1) is 0 Å². The molecule has 0 fully saturated rings. The lowest BCUT2D eigenvalue weighted by Gasteiger charge is -2.20. The zero-order valence-corrected chi connectivity index (χ0v) is 13.1. The monoisotopic (exact) mass is 292 g/mol. The molecule has 0 aliphatic rings. The molecule has 0 saturated carbocycles. The lowest BCUT2D eigenvalue weighted by Crippen LogP contribution is -2.44. The van der Waals surface area contributed by atoms with Gasteiger partial charge in [0.1, 0.15) is 6.04 Å². The Hall–Kier alpha value is -2.04. The maximum Gasteiger partial charge on any atom is 0.326 e. The Kier molecular flexibility index (Phi) is 6.21. The number of amides is 1. The number of carbonyl (C=O) groups excluding carboxylic acids is 1. The Morgan fingerprint density at radius 2 is 1.81 bits per heavy atom. The number of aliphatic carboxylic acids is 1. The Labute approximate surface area is 126 Å². The van der Waals surface area contributed by atoms with Gasteiger partial charge in [0, 0.05) is 24.8 Å². The Morgan fingerprint density at radius 3 is 2.24 bits per heavy atom. The summed E-state index contributed by atoms with van der Waals surface area (Å²) in [4.78, 5) is 25.3. The second-order valence-corrected chi connectivity index (χ2v) is 5.50. The van der Waals surface area contributed by atoms with Crippen molar-refractivity contribution >= 4 is 17.6 Å². The summed E-state index contributed by atoms with van der Waals surface area (Å²) in [6.07, 6.45) is 1.05. The number of anilines is 1. The van der Waals surface area contributed by atoms with E-state index in [2.05, 4.69) is 17.1 Å². The molecule has 0 bridgehead atoms. The molecule has 0 spiro atoms. The lowest BCUT2D eigenvalue weighted by molar-refractivity contribution is -0.140. The topological polar surface area (TPSA) is 69.6 Å². The highest BCUT2D eigenvalue weighted by molar-refractivity contribution is 5.96. The fourth-order valence-corrected chi connectivity index (χ4v) is 2.07. The predicted octanol–water partition coefficient (Wildman–Crippen LogP) is 2.37. The number of hydrogen-bond donors (Lipinski definition) is 2. The summed E-state index contributed by atoms with van der Waals surface area (Å²) in [5, 5.41) is 11.6. The molecule has 1 aromatic carbocycles. The van der Waals surface area contributed by atoms with E-state index in [0.29, 0.717) is 5.56 Å². The van der Waals surface area contributed by atoms with Gasteiger partial charge in [-0.15, -0.1) is 0 Å². The van der Waals surface area contributed by atoms with E-state index in [1.165, 1.54) is 0 Å². The number of hydrogen-bond acceptors (Lipinski definition) is 3. The van der Waals surface area contributed by atoms with Crippen molar-refractivity contribution in [3.8, 4) is 0 Å². The molecule has 1 rings (SSSR count). The third-order valence-electron chi connectivity index (χ3n) is 3.35. The third-order valence-corrected chi connectivity index (χ3v) is 3.35. The highest BCUT2D eigenvalue weighted by Gasteiger charge is 2.23. The molecule has 116 valence electrons. The van der Waals surface area contributed by atoms with Crippen LogP contribution in [0.3, 0.4) is 0 Å². The van der Waals surface area contributed by atoms with Gasteiger partial charge in [-0.3, -0.25) is 4.79 Å². The first-order valence-corrected chi connectivity index (χ1v) is 7.21. The molecule has 1 atom stereocenters. The summed E-state index contributed by atoms with van der Waals surface area (Å²) in [5.74, 6) is -1.54. The van der Waals surface area contributed by atoms with Crippen LogP contribution in [0.4, 0.5) is 5.69 Å². The van der Waals surface area contributed by atoms with Crippen LogP contribution < -0.4 is 10.2 Å². The maximum atomic E-state index is 12.1. The van der Waals surface area contributed by atoms with Gasteiger partial charge >= 0.3 is 5.97 Å². The number of carbonyl (C=O) groups is 2. The van der Waals surface area contributed by atoms with Crippen molar-refractivity contribution in [2.45, 2.75) is 33.2 Å². The molecule has 0 aliphatic carbocycles. The van der Waals surface area contributed by atoms with Crippen molar-refractivity contribution in [1.29, 1.82) is 0 Å². The van der Waals surface area contributed by atoms with Crippen molar-refractivity contribution in [3.63, 3.8) is 0 Å². The molecule has 2 N–H and O–H groups in total. The van der Waals surface area contributed by atoms with Crippen LogP contribution in [-0.4, -0.2) is 36.6 Å². The van der Waals surface area contributed by atoms with Gasteiger partial charge in [0.15, 0.2) is 0 Å². The van der Waals surface area contributed by atoms with Crippen LogP contribution in [0.25, 0.3) is 0 Å². The van der Waals surface area contributed by atoms with E-state index >= 15 is 0 Å². The fourth-order valence-electron chi connectivity index (χ4n) is 2.07. The highest BCUT2D eigenvalue weighted by Crippen LogP contribution is 2.14. The summed E-state index contributed by atoms with van der Waals surface area (Å²) in [6, 6.07) is 6.30. The molecule has 1 amide bonds. The molecule has 1 aromatic rings. The van der Waals surface area contributed by atoms with Crippen LogP contribution in [0.2, 0.25) is 0 Å². The number of nitrogens with one attached hydrogen (secondary N) is 1. The average molecular weight is 292 g/mol. The van der Waals surface area contributed by atoms with Crippen LogP contribution in [0, 0.1) is 5.92 Å². The van der Waals surface area contributed by atoms with Crippen LogP contribution in [-0.2, 0) is 4.79 Å². The second kappa shape index (κ2) is 7.67. The molecule has 0 unspecified atom stereocenters. The number of carboxylic acids is 1. The van der Waals surface area contributed by atoms with Crippen molar-refractivity contribution in [2.75, 3.05) is 18.5 Å². The minimum Gasteiger partial charge on any atom is -0.480 e. The summed E-state index contributed by atoms with van der Waals surface area (Å²) >= 11 is 0. The second-order valence-electron chi connectivity index (χ2n) is 5.50. The van der Waals surface area contributed by atoms with Crippen LogP contribution >= 0.6 is 0 Å². The van der Waals surface area contributed by atoms with Crippen LogP contribution in [0.15, 0.2) is 24.3 Å².